The third-order valence-electron chi connectivity index (χ3n) is 4.77. The highest BCUT2D eigenvalue weighted by molar-refractivity contribution is 6.17. The Bertz CT molecular complexity index is 743. The molecule has 152 valence electrons. The standard InChI is InChI=1S/C26H36O2/c1-19(2)9-7-11-21(5)13-14-23(17-22(6)12-8-10-20(3)4)25-18-24(27)15-16-26(25)28/h9-10,13,15-18,23H,7-8,11-12,14H2,1-6H3/b21-13+,22-17+. The van der Waals surface area contributed by atoms with Crippen LogP contribution in [0.25, 0.3) is 0 Å². The maximum atomic E-state index is 12.4. The highest BCUT2D eigenvalue weighted by atomic mass is 16.1. The number of carbonyl (C=O) groups excluding carboxylic acids is 2. The fourth-order valence-electron chi connectivity index (χ4n) is 3.14. The van der Waals surface area contributed by atoms with Crippen molar-refractivity contribution in [2.24, 2.45) is 5.92 Å². The van der Waals surface area contributed by atoms with E-state index in [-0.39, 0.29) is 17.5 Å². The Morgan fingerprint density at radius 1 is 0.821 bits per heavy atom. The average Bonchev–Trinajstić information content (AvgIpc) is 2.60. The summed E-state index contributed by atoms with van der Waals surface area (Å²) in [6.07, 6.45) is 17.9. The maximum absolute atomic E-state index is 12.4. The Labute approximate surface area is 171 Å². The SMILES string of the molecule is CC(C)=CCC/C(C)=C/CC(/C=C(\C)CCC=C(C)C)C1=CC(=O)C=CC1=O. The Balaban J connectivity index is 2.95. The van der Waals surface area contributed by atoms with Gasteiger partial charge in [0.1, 0.15) is 0 Å². The van der Waals surface area contributed by atoms with E-state index in [0.29, 0.717) is 5.57 Å². The molecule has 0 radical (unpaired) electrons. The zero-order valence-electron chi connectivity index (χ0n) is 18.5. The summed E-state index contributed by atoms with van der Waals surface area (Å²) in [4.78, 5) is 24.2. The Morgan fingerprint density at radius 3 is 1.96 bits per heavy atom. The van der Waals surface area contributed by atoms with Gasteiger partial charge in [-0.05, 0) is 91.9 Å². The largest absolute Gasteiger partial charge is 0.290 e. The van der Waals surface area contributed by atoms with Crippen molar-refractivity contribution in [3.8, 4) is 0 Å². The van der Waals surface area contributed by atoms with E-state index in [1.165, 1.54) is 40.5 Å². The molecule has 1 unspecified atom stereocenters. The van der Waals surface area contributed by atoms with Crippen LogP contribution in [0.15, 0.2) is 70.4 Å². The molecule has 0 saturated carbocycles. The van der Waals surface area contributed by atoms with Gasteiger partial charge in [-0.2, -0.15) is 0 Å². The summed E-state index contributed by atoms with van der Waals surface area (Å²) in [6, 6.07) is 0. The number of ketones is 2. The Hall–Kier alpha value is -2.22. The topological polar surface area (TPSA) is 34.1 Å². The molecule has 0 aromatic carbocycles. The fraction of sp³-hybridized carbons (Fsp3) is 0.462. The van der Waals surface area contributed by atoms with Crippen molar-refractivity contribution in [3.63, 3.8) is 0 Å². The maximum Gasteiger partial charge on any atom is 0.182 e. The van der Waals surface area contributed by atoms with Gasteiger partial charge in [-0.15, -0.1) is 0 Å². The summed E-state index contributed by atoms with van der Waals surface area (Å²) >= 11 is 0. The molecule has 0 bridgehead atoms. The van der Waals surface area contributed by atoms with Gasteiger partial charge in [-0.25, -0.2) is 0 Å². The van der Waals surface area contributed by atoms with Gasteiger partial charge in [0.25, 0.3) is 0 Å². The second-order valence-corrected chi connectivity index (χ2v) is 8.25. The molecule has 1 rings (SSSR count). The van der Waals surface area contributed by atoms with Gasteiger partial charge in [0.15, 0.2) is 11.6 Å². The van der Waals surface area contributed by atoms with E-state index in [1.807, 2.05) is 0 Å². The third-order valence-corrected chi connectivity index (χ3v) is 4.77. The number of hydrogen-bond acceptors (Lipinski definition) is 2. The minimum atomic E-state index is -0.0977. The molecule has 1 aliphatic rings. The van der Waals surface area contributed by atoms with Gasteiger partial charge in [-0.3, -0.25) is 9.59 Å². The van der Waals surface area contributed by atoms with Crippen molar-refractivity contribution >= 4 is 11.6 Å². The summed E-state index contributed by atoms with van der Waals surface area (Å²) in [5.74, 6) is -0.195. The van der Waals surface area contributed by atoms with Crippen molar-refractivity contribution < 1.29 is 9.59 Å². The summed E-state index contributed by atoms with van der Waals surface area (Å²) in [5, 5.41) is 0. The highest BCUT2D eigenvalue weighted by Gasteiger charge is 2.20. The lowest BCUT2D eigenvalue weighted by atomic mass is 9.86. The molecule has 0 aromatic rings. The second-order valence-electron chi connectivity index (χ2n) is 8.25. The highest BCUT2D eigenvalue weighted by Crippen LogP contribution is 2.25. The molecule has 0 heterocycles. The van der Waals surface area contributed by atoms with Crippen LogP contribution in [0.5, 0.6) is 0 Å². The van der Waals surface area contributed by atoms with E-state index in [1.54, 1.807) is 0 Å². The van der Waals surface area contributed by atoms with Gasteiger partial charge in [0.05, 0.1) is 0 Å². The lowest BCUT2D eigenvalue weighted by Crippen LogP contribution is -2.15. The van der Waals surface area contributed by atoms with Gasteiger partial charge >= 0.3 is 0 Å². The van der Waals surface area contributed by atoms with Gasteiger partial charge in [-0.1, -0.05) is 46.6 Å². The Morgan fingerprint density at radius 2 is 1.39 bits per heavy atom. The molecule has 0 saturated heterocycles. The quantitative estimate of drug-likeness (QED) is 0.302. The molecule has 28 heavy (non-hydrogen) atoms. The summed E-state index contributed by atoms with van der Waals surface area (Å²) in [5.41, 5.74) is 5.85. The summed E-state index contributed by atoms with van der Waals surface area (Å²) in [7, 11) is 0. The fourth-order valence-corrected chi connectivity index (χ4v) is 3.14. The molecular formula is C26H36O2. The monoisotopic (exact) mass is 380 g/mol. The molecule has 2 heteroatoms. The normalized spacial score (nSPS) is 16.0. The van der Waals surface area contributed by atoms with Crippen LogP contribution >= 0.6 is 0 Å². The second kappa shape index (κ2) is 12.3. The van der Waals surface area contributed by atoms with Crippen LogP contribution in [0.1, 0.15) is 73.6 Å². The average molecular weight is 381 g/mol. The first-order valence-electron chi connectivity index (χ1n) is 10.3. The summed E-state index contributed by atoms with van der Waals surface area (Å²) in [6.45, 7) is 12.7. The number of rotatable bonds is 10. The first-order chi connectivity index (χ1) is 13.2. The van der Waals surface area contributed by atoms with Crippen LogP contribution in [-0.2, 0) is 9.59 Å². The smallest absolute Gasteiger partial charge is 0.182 e. The van der Waals surface area contributed by atoms with Crippen LogP contribution in [0.3, 0.4) is 0 Å². The predicted molar refractivity (Wildman–Crippen MR) is 120 cm³/mol. The van der Waals surface area contributed by atoms with Crippen LogP contribution < -0.4 is 0 Å². The number of allylic oxidation sites excluding steroid dienone is 12. The van der Waals surface area contributed by atoms with Crippen molar-refractivity contribution in [3.05, 3.63) is 70.4 Å². The van der Waals surface area contributed by atoms with Crippen molar-refractivity contribution in [2.45, 2.75) is 73.6 Å². The van der Waals surface area contributed by atoms with Crippen LogP contribution in [-0.4, -0.2) is 11.6 Å². The molecule has 2 nitrogen and oxygen atoms in total. The van der Waals surface area contributed by atoms with E-state index in [4.69, 9.17) is 0 Å². The molecule has 0 fully saturated rings. The van der Waals surface area contributed by atoms with Crippen molar-refractivity contribution in [1.29, 1.82) is 0 Å². The predicted octanol–water partition coefficient (Wildman–Crippen LogP) is 7.01. The Kier molecular flexibility index (Phi) is 10.4. The molecule has 0 N–H and O–H groups in total. The van der Waals surface area contributed by atoms with Crippen LogP contribution in [0.4, 0.5) is 0 Å². The first-order valence-corrected chi connectivity index (χ1v) is 10.3. The van der Waals surface area contributed by atoms with Gasteiger partial charge < -0.3 is 0 Å². The molecular weight excluding hydrogens is 344 g/mol. The minimum absolute atomic E-state index is 0.0476. The molecule has 0 aliphatic heterocycles. The van der Waals surface area contributed by atoms with Crippen molar-refractivity contribution in [1.82, 2.24) is 0 Å². The van der Waals surface area contributed by atoms with E-state index in [9.17, 15) is 9.59 Å². The molecule has 0 aromatic heterocycles. The molecule has 1 atom stereocenters. The van der Waals surface area contributed by atoms with E-state index in [2.05, 4.69) is 65.8 Å². The van der Waals surface area contributed by atoms with E-state index < -0.39 is 0 Å². The molecule has 0 spiro atoms. The van der Waals surface area contributed by atoms with Crippen LogP contribution in [0, 0.1) is 5.92 Å². The van der Waals surface area contributed by atoms with Crippen molar-refractivity contribution in [2.75, 3.05) is 0 Å². The van der Waals surface area contributed by atoms with Gasteiger partial charge in [0, 0.05) is 11.5 Å². The van der Waals surface area contributed by atoms with Crippen LogP contribution in [0.2, 0.25) is 0 Å². The number of carbonyl (C=O) groups is 2. The minimum Gasteiger partial charge on any atom is -0.290 e. The zero-order valence-corrected chi connectivity index (χ0v) is 18.5. The summed E-state index contributed by atoms with van der Waals surface area (Å²) < 4.78 is 0. The molecule has 0 amide bonds. The van der Waals surface area contributed by atoms with E-state index >= 15 is 0 Å². The lowest BCUT2D eigenvalue weighted by molar-refractivity contribution is -0.114. The van der Waals surface area contributed by atoms with E-state index in [0.717, 1.165) is 32.1 Å². The molecule has 1 aliphatic carbocycles. The number of hydrogen-bond donors (Lipinski definition) is 0. The van der Waals surface area contributed by atoms with Gasteiger partial charge in [0.2, 0.25) is 0 Å². The third kappa shape index (κ3) is 9.64. The lowest BCUT2D eigenvalue weighted by Gasteiger charge is -2.17. The first kappa shape index (κ1) is 23.8. The zero-order chi connectivity index (χ0) is 21.1.